The molecule has 1 aromatic carbocycles. The largest absolute Gasteiger partial charge is 0.483 e. The Hall–Kier alpha value is -1.62. The summed E-state index contributed by atoms with van der Waals surface area (Å²) in [6.07, 6.45) is 2.66. The van der Waals surface area contributed by atoms with E-state index in [1.807, 2.05) is 13.0 Å². The van der Waals surface area contributed by atoms with Crippen LogP contribution in [-0.2, 0) is 6.42 Å². The summed E-state index contributed by atoms with van der Waals surface area (Å²) < 4.78 is 5.77. The van der Waals surface area contributed by atoms with Crippen LogP contribution in [0.3, 0.4) is 0 Å². The molecule has 98 valence electrons. The number of nitrogens with one attached hydrogen (secondary N) is 1. The van der Waals surface area contributed by atoms with Gasteiger partial charge in [-0.2, -0.15) is 0 Å². The van der Waals surface area contributed by atoms with E-state index in [2.05, 4.69) is 5.32 Å². The molecule has 1 fully saturated rings. The highest BCUT2D eigenvalue weighted by Gasteiger charge is 2.21. The molecule has 1 heterocycles. The van der Waals surface area contributed by atoms with Crippen LogP contribution >= 0.6 is 0 Å². The normalized spacial score (nSPS) is 16.5. The van der Waals surface area contributed by atoms with E-state index in [9.17, 15) is 10.1 Å². The van der Waals surface area contributed by atoms with Crippen LogP contribution in [0.25, 0.3) is 0 Å². The molecular formula is C13H18N2O3. The van der Waals surface area contributed by atoms with E-state index in [0.29, 0.717) is 5.75 Å². The summed E-state index contributed by atoms with van der Waals surface area (Å²) in [5, 5.41) is 14.3. The highest BCUT2D eigenvalue weighted by atomic mass is 16.6. The van der Waals surface area contributed by atoms with Crippen molar-refractivity contribution in [2.45, 2.75) is 32.3 Å². The zero-order valence-electron chi connectivity index (χ0n) is 10.5. The summed E-state index contributed by atoms with van der Waals surface area (Å²) in [5.74, 6) is 0.393. The minimum absolute atomic E-state index is 0.0767. The van der Waals surface area contributed by atoms with Gasteiger partial charge in [-0.05, 0) is 44.0 Å². The topological polar surface area (TPSA) is 64.4 Å². The Balaban J connectivity index is 2.17. The van der Waals surface area contributed by atoms with Crippen molar-refractivity contribution in [3.63, 3.8) is 0 Å². The second-order valence-electron chi connectivity index (χ2n) is 4.48. The van der Waals surface area contributed by atoms with Gasteiger partial charge >= 0.3 is 5.69 Å². The van der Waals surface area contributed by atoms with E-state index in [0.717, 1.165) is 37.9 Å². The van der Waals surface area contributed by atoms with E-state index in [1.165, 1.54) is 0 Å². The van der Waals surface area contributed by atoms with E-state index < -0.39 is 0 Å². The van der Waals surface area contributed by atoms with Gasteiger partial charge in [0.1, 0.15) is 6.10 Å². The number of rotatable bonds is 4. The number of nitro groups is 1. The summed E-state index contributed by atoms with van der Waals surface area (Å²) >= 11 is 0. The highest BCUT2D eigenvalue weighted by molar-refractivity contribution is 5.48. The van der Waals surface area contributed by atoms with Gasteiger partial charge in [0.15, 0.2) is 5.75 Å². The van der Waals surface area contributed by atoms with Gasteiger partial charge in [0.2, 0.25) is 0 Å². The number of hydrogen-bond donors (Lipinski definition) is 1. The molecule has 1 aliphatic rings. The summed E-state index contributed by atoms with van der Waals surface area (Å²) in [7, 11) is 0. The van der Waals surface area contributed by atoms with Crippen LogP contribution in [0.5, 0.6) is 5.75 Å². The monoisotopic (exact) mass is 250 g/mol. The summed E-state index contributed by atoms with van der Waals surface area (Å²) in [4.78, 5) is 10.7. The fourth-order valence-corrected chi connectivity index (χ4v) is 2.12. The molecule has 0 amide bonds. The van der Waals surface area contributed by atoms with Crippen molar-refractivity contribution in [3.05, 3.63) is 33.9 Å². The van der Waals surface area contributed by atoms with Crippen molar-refractivity contribution in [2.75, 3.05) is 13.1 Å². The molecule has 2 rings (SSSR count). The summed E-state index contributed by atoms with van der Waals surface area (Å²) in [6.45, 7) is 3.80. The van der Waals surface area contributed by atoms with Gasteiger partial charge in [0.25, 0.3) is 0 Å². The molecule has 0 radical (unpaired) electrons. The molecule has 1 N–H and O–H groups in total. The molecule has 1 aliphatic heterocycles. The second kappa shape index (κ2) is 5.82. The minimum Gasteiger partial charge on any atom is -0.483 e. The Bertz CT molecular complexity index is 428. The smallest absolute Gasteiger partial charge is 0.311 e. The van der Waals surface area contributed by atoms with Gasteiger partial charge in [-0.25, -0.2) is 0 Å². The molecule has 18 heavy (non-hydrogen) atoms. The van der Waals surface area contributed by atoms with E-state index in [1.54, 1.807) is 12.1 Å². The quantitative estimate of drug-likeness (QED) is 0.657. The van der Waals surface area contributed by atoms with Crippen LogP contribution in [0.4, 0.5) is 5.69 Å². The lowest BCUT2D eigenvalue weighted by Gasteiger charge is -2.23. The maximum atomic E-state index is 11.0. The molecule has 0 saturated carbocycles. The van der Waals surface area contributed by atoms with Crippen LogP contribution in [0.1, 0.15) is 25.3 Å². The third-order valence-corrected chi connectivity index (χ3v) is 3.21. The predicted octanol–water partition coefficient (Wildman–Crippen LogP) is 2.29. The van der Waals surface area contributed by atoms with Crippen molar-refractivity contribution in [3.8, 4) is 5.75 Å². The maximum Gasteiger partial charge on any atom is 0.311 e. The van der Waals surface area contributed by atoms with Crippen LogP contribution in [0.2, 0.25) is 0 Å². The van der Waals surface area contributed by atoms with Crippen molar-refractivity contribution in [1.29, 1.82) is 0 Å². The number of benzene rings is 1. The standard InChI is InChI=1S/C13H18N2O3/c1-2-10-3-4-13(12(9-10)15(16)17)18-11-5-7-14-8-6-11/h3-4,9,11,14H,2,5-8H2,1H3. The lowest BCUT2D eigenvalue weighted by molar-refractivity contribution is -0.386. The summed E-state index contributed by atoms with van der Waals surface area (Å²) in [6, 6.07) is 5.22. The Labute approximate surface area is 106 Å². The first-order valence-electron chi connectivity index (χ1n) is 6.35. The zero-order chi connectivity index (χ0) is 13.0. The maximum absolute atomic E-state index is 11.0. The van der Waals surface area contributed by atoms with Crippen molar-refractivity contribution in [2.24, 2.45) is 0 Å². The van der Waals surface area contributed by atoms with E-state index in [4.69, 9.17) is 4.74 Å². The lowest BCUT2D eigenvalue weighted by Crippen LogP contribution is -2.34. The van der Waals surface area contributed by atoms with Gasteiger partial charge in [-0.3, -0.25) is 10.1 Å². The fourth-order valence-electron chi connectivity index (χ4n) is 2.12. The molecule has 0 spiro atoms. The Kier molecular flexibility index (Phi) is 4.15. The SMILES string of the molecule is CCc1ccc(OC2CCNCC2)c([N+](=O)[O-])c1. The summed E-state index contributed by atoms with van der Waals surface area (Å²) in [5.41, 5.74) is 1.03. The average Bonchev–Trinajstić information content (AvgIpc) is 2.40. The van der Waals surface area contributed by atoms with E-state index in [-0.39, 0.29) is 16.7 Å². The van der Waals surface area contributed by atoms with Crippen LogP contribution < -0.4 is 10.1 Å². The van der Waals surface area contributed by atoms with Gasteiger partial charge in [0, 0.05) is 6.07 Å². The van der Waals surface area contributed by atoms with Crippen molar-refractivity contribution >= 4 is 5.69 Å². The van der Waals surface area contributed by atoms with Crippen molar-refractivity contribution < 1.29 is 9.66 Å². The zero-order valence-corrected chi connectivity index (χ0v) is 10.5. The molecule has 0 aromatic heterocycles. The fraction of sp³-hybridized carbons (Fsp3) is 0.538. The third-order valence-electron chi connectivity index (χ3n) is 3.21. The molecule has 0 unspecified atom stereocenters. The van der Waals surface area contributed by atoms with Gasteiger partial charge in [-0.15, -0.1) is 0 Å². The predicted molar refractivity (Wildman–Crippen MR) is 69.0 cm³/mol. The molecule has 0 atom stereocenters. The molecule has 0 bridgehead atoms. The Morgan fingerprint density at radius 3 is 2.78 bits per heavy atom. The van der Waals surface area contributed by atoms with Crippen LogP contribution in [0, 0.1) is 10.1 Å². The number of aryl methyl sites for hydroxylation is 1. The molecule has 1 aromatic rings. The number of hydrogen-bond acceptors (Lipinski definition) is 4. The van der Waals surface area contributed by atoms with Crippen molar-refractivity contribution in [1.82, 2.24) is 5.32 Å². The molecule has 5 nitrogen and oxygen atoms in total. The first-order valence-corrected chi connectivity index (χ1v) is 6.35. The Morgan fingerprint density at radius 2 is 2.17 bits per heavy atom. The molecule has 0 aliphatic carbocycles. The lowest BCUT2D eigenvalue weighted by atomic mass is 10.1. The van der Waals surface area contributed by atoms with Gasteiger partial charge < -0.3 is 10.1 Å². The number of nitro benzene ring substituents is 1. The number of piperidine rings is 1. The molecule has 5 heteroatoms. The van der Waals surface area contributed by atoms with E-state index >= 15 is 0 Å². The van der Waals surface area contributed by atoms with Crippen LogP contribution in [-0.4, -0.2) is 24.1 Å². The highest BCUT2D eigenvalue weighted by Crippen LogP contribution is 2.30. The van der Waals surface area contributed by atoms with Gasteiger partial charge in [0.05, 0.1) is 4.92 Å². The third kappa shape index (κ3) is 2.98. The molecular weight excluding hydrogens is 232 g/mol. The second-order valence-corrected chi connectivity index (χ2v) is 4.48. The number of ether oxygens (including phenoxy) is 1. The first-order chi connectivity index (χ1) is 8.70. The number of nitrogens with zero attached hydrogens (tertiary/aromatic N) is 1. The van der Waals surface area contributed by atoms with Gasteiger partial charge in [-0.1, -0.05) is 13.0 Å². The Morgan fingerprint density at radius 1 is 1.44 bits per heavy atom. The minimum atomic E-state index is -0.366. The molecule has 1 saturated heterocycles. The average molecular weight is 250 g/mol. The van der Waals surface area contributed by atoms with Crippen LogP contribution in [0.15, 0.2) is 18.2 Å². The first kappa shape index (κ1) is 12.8.